The Balaban J connectivity index is 3.79. The molecule has 0 atom stereocenters. The van der Waals surface area contributed by atoms with E-state index in [4.69, 9.17) is 5.11 Å². The maximum atomic E-state index is 10.0. The van der Waals surface area contributed by atoms with E-state index < -0.39 is 21.5 Å². The first-order valence-corrected chi connectivity index (χ1v) is 4.44. The molecule has 0 radical (unpaired) electrons. The molecule has 62 valence electrons. The van der Waals surface area contributed by atoms with E-state index in [0.29, 0.717) is 0 Å². The van der Waals surface area contributed by atoms with Crippen molar-refractivity contribution in [3.8, 4) is 0 Å². The summed E-state index contributed by atoms with van der Waals surface area (Å²) in [6.45, 7) is 2.91. The van der Waals surface area contributed by atoms with Gasteiger partial charge in [0.2, 0.25) is 0 Å². The summed E-state index contributed by atoms with van der Waals surface area (Å²) in [4.78, 5) is 0. The van der Waals surface area contributed by atoms with E-state index in [-0.39, 0.29) is 6.42 Å². The molecule has 0 aromatic rings. The lowest BCUT2D eigenvalue weighted by atomic mass is 10.1. The van der Waals surface area contributed by atoms with Crippen molar-refractivity contribution in [1.82, 2.24) is 0 Å². The van der Waals surface area contributed by atoms with Gasteiger partial charge < -0.3 is 9.66 Å². The normalized spacial score (nSPS) is 13.6. The largest absolute Gasteiger partial charge is 0.748 e. The van der Waals surface area contributed by atoms with E-state index >= 15 is 0 Å². The molecular weight excluding hydrogens is 156 g/mol. The second-order valence-corrected chi connectivity index (χ2v) is 4.35. The fourth-order valence-electron chi connectivity index (χ4n) is 0.375. The standard InChI is InChI=1S/C5H12O4S/c1-5(2,6)3-4-10(7,8)9/h6H,3-4H2,1-2H3,(H,7,8,9)/p-1. The van der Waals surface area contributed by atoms with Crippen LogP contribution in [-0.4, -0.2) is 29.4 Å². The molecule has 10 heavy (non-hydrogen) atoms. The van der Waals surface area contributed by atoms with Crippen LogP contribution in [0.1, 0.15) is 20.3 Å². The number of hydrogen-bond acceptors (Lipinski definition) is 4. The third-order valence-electron chi connectivity index (χ3n) is 0.964. The lowest BCUT2D eigenvalue weighted by molar-refractivity contribution is 0.0767. The Hall–Kier alpha value is -0.130. The zero-order valence-electron chi connectivity index (χ0n) is 5.99. The zero-order valence-corrected chi connectivity index (χ0v) is 6.81. The van der Waals surface area contributed by atoms with Gasteiger partial charge in [-0.15, -0.1) is 0 Å². The van der Waals surface area contributed by atoms with Crippen LogP contribution in [0.25, 0.3) is 0 Å². The van der Waals surface area contributed by atoms with Crippen molar-refractivity contribution >= 4 is 10.1 Å². The molecule has 0 heterocycles. The second kappa shape index (κ2) is 2.86. The summed E-state index contributed by atoms with van der Waals surface area (Å²) < 4.78 is 30.0. The first-order chi connectivity index (χ1) is 4.21. The summed E-state index contributed by atoms with van der Waals surface area (Å²) in [6, 6.07) is 0. The van der Waals surface area contributed by atoms with Crippen LogP contribution in [0.5, 0.6) is 0 Å². The molecule has 0 bridgehead atoms. The molecule has 0 aliphatic heterocycles. The third-order valence-corrected chi connectivity index (χ3v) is 1.67. The number of aliphatic hydroxyl groups is 1. The molecule has 4 nitrogen and oxygen atoms in total. The molecule has 0 aromatic heterocycles. The fraction of sp³-hybridized carbons (Fsp3) is 1.00. The van der Waals surface area contributed by atoms with Crippen LogP contribution in [0.15, 0.2) is 0 Å². The molecule has 0 fully saturated rings. The summed E-state index contributed by atoms with van der Waals surface area (Å²) >= 11 is 0. The number of hydrogen-bond donors (Lipinski definition) is 1. The van der Waals surface area contributed by atoms with Crippen molar-refractivity contribution in [3.05, 3.63) is 0 Å². The molecule has 0 spiro atoms. The SMILES string of the molecule is CC(C)(O)CCS(=O)(=O)[O-]. The van der Waals surface area contributed by atoms with E-state index in [0.717, 1.165) is 0 Å². The Bertz CT molecular complexity index is 186. The van der Waals surface area contributed by atoms with Crippen molar-refractivity contribution < 1.29 is 18.1 Å². The average Bonchev–Trinajstić information content (AvgIpc) is 1.57. The first kappa shape index (κ1) is 9.87. The number of rotatable bonds is 3. The monoisotopic (exact) mass is 167 g/mol. The summed E-state index contributed by atoms with van der Waals surface area (Å²) in [6.07, 6.45) is -0.0150. The lowest BCUT2D eigenvalue weighted by Gasteiger charge is -2.17. The predicted molar refractivity (Wildman–Crippen MR) is 35.5 cm³/mol. The second-order valence-electron chi connectivity index (χ2n) is 2.82. The molecule has 0 aromatic carbocycles. The van der Waals surface area contributed by atoms with Gasteiger partial charge in [-0.1, -0.05) is 0 Å². The van der Waals surface area contributed by atoms with Gasteiger partial charge in [-0.05, 0) is 20.3 Å². The molecule has 0 unspecified atom stereocenters. The fourth-order valence-corrected chi connectivity index (χ4v) is 1.12. The van der Waals surface area contributed by atoms with Crippen molar-refractivity contribution in [2.45, 2.75) is 25.9 Å². The van der Waals surface area contributed by atoms with E-state index in [2.05, 4.69) is 0 Å². The highest BCUT2D eigenvalue weighted by molar-refractivity contribution is 7.85. The summed E-state index contributed by atoms with van der Waals surface area (Å²) in [5, 5.41) is 8.98. The Kier molecular flexibility index (Phi) is 2.82. The van der Waals surface area contributed by atoms with Gasteiger partial charge in [-0.2, -0.15) is 0 Å². The van der Waals surface area contributed by atoms with Crippen molar-refractivity contribution in [1.29, 1.82) is 0 Å². The van der Waals surface area contributed by atoms with Crippen LogP contribution < -0.4 is 0 Å². The Morgan fingerprint density at radius 1 is 1.50 bits per heavy atom. The van der Waals surface area contributed by atoms with Crippen molar-refractivity contribution in [2.75, 3.05) is 5.75 Å². The van der Waals surface area contributed by atoms with Gasteiger partial charge in [0.25, 0.3) is 0 Å². The summed E-state index contributed by atoms with van der Waals surface area (Å²) in [5.41, 5.74) is -1.07. The molecular formula is C5H11O4S-. The van der Waals surface area contributed by atoms with Crippen LogP contribution in [0, 0.1) is 0 Å². The van der Waals surface area contributed by atoms with Gasteiger partial charge >= 0.3 is 0 Å². The minimum Gasteiger partial charge on any atom is -0.748 e. The van der Waals surface area contributed by atoms with Crippen LogP contribution in [0.2, 0.25) is 0 Å². The van der Waals surface area contributed by atoms with Gasteiger partial charge in [-0.3, -0.25) is 0 Å². The molecule has 0 rings (SSSR count). The quantitative estimate of drug-likeness (QED) is 0.585. The maximum absolute atomic E-state index is 10.0. The molecule has 0 saturated heterocycles. The molecule has 0 amide bonds. The topological polar surface area (TPSA) is 77.4 Å². The molecule has 0 aliphatic carbocycles. The highest BCUT2D eigenvalue weighted by atomic mass is 32.2. The van der Waals surface area contributed by atoms with Crippen LogP contribution >= 0.6 is 0 Å². The summed E-state index contributed by atoms with van der Waals surface area (Å²) in [5.74, 6) is -0.503. The van der Waals surface area contributed by atoms with E-state index in [1.54, 1.807) is 0 Å². The van der Waals surface area contributed by atoms with Crippen molar-refractivity contribution in [2.24, 2.45) is 0 Å². The van der Waals surface area contributed by atoms with Gasteiger partial charge in [0.05, 0.1) is 15.7 Å². The van der Waals surface area contributed by atoms with Gasteiger partial charge in [-0.25, -0.2) is 8.42 Å². The maximum Gasteiger partial charge on any atom is 0.0947 e. The smallest absolute Gasteiger partial charge is 0.0947 e. The van der Waals surface area contributed by atoms with Crippen LogP contribution in [0.4, 0.5) is 0 Å². The molecule has 5 heteroatoms. The van der Waals surface area contributed by atoms with Gasteiger partial charge in [0.1, 0.15) is 0 Å². The first-order valence-electron chi connectivity index (χ1n) is 2.87. The Morgan fingerprint density at radius 3 is 2.00 bits per heavy atom. The van der Waals surface area contributed by atoms with Gasteiger partial charge in [0, 0.05) is 5.75 Å². The third kappa shape index (κ3) is 7.87. The zero-order chi connectivity index (χ0) is 8.41. The Labute approximate surface area is 60.6 Å². The van der Waals surface area contributed by atoms with E-state index in [1.807, 2.05) is 0 Å². The van der Waals surface area contributed by atoms with E-state index in [9.17, 15) is 13.0 Å². The average molecular weight is 167 g/mol. The predicted octanol–water partition coefficient (Wildman–Crippen LogP) is -0.307. The minimum atomic E-state index is -4.17. The molecule has 1 N–H and O–H groups in total. The molecule has 0 saturated carbocycles. The van der Waals surface area contributed by atoms with Crippen LogP contribution in [-0.2, 0) is 10.1 Å². The Morgan fingerprint density at radius 2 is 1.90 bits per heavy atom. The summed E-state index contributed by atoms with van der Waals surface area (Å²) in [7, 11) is -4.17. The van der Waals surface area contributed by atoms with Gasteiger partial charge in [0.15, 0.2) is 0 Å². The van der Waals surface area contributed by atoms with Crippen molar-refractivity contribution in [3.63, 3.8) is 0 Å². The highest BCUT2D eigenvalue weighted by Gasteiger charge is 2.13. The van der Waals surface area contributed by atoms with Crippen LogP contribution in [0.3, 0.4) is 0 Å². The minimum absolute atomic E-state index is 0.0150. The lowest BCUT2D eigenvalue weighted by Crippen LogP contribution is -2.23. The molecule has 0 aliphatic rings. The van der Waals surface area contributed by atoms with E-state index in [1.165, 1.54) is 13.8 Å². The highest BCUT2D eigenvalue weighted by Crippen LogP contribution is 2.07.